The molecule has 0 bridgehead atoms. The molecule has 2 saturated heterocycles. The van der Waals surface area contributed by atoms with E-state index in [9.17, 15) is 8.78 Å². The maximum Gasteiger partial charge on any atom is 0.191 e. The van der Waals surface area contributed by atoms with E-state index in [1.807, 2.05) is 4.90 Å². The lowest BCUT2D eigenvalue weighted by atomic mass is 10.0. The van der Waals surface area contributed by atoms with E-state index in [4.69, 9.17) is 0 Å². The Bertz CT molecular complexity index is 718. The molecule has 6 nitrogen and oxygen atoms in total. The molecule has 0 aromatic heterocycles. The first-order chi connectivity index (χ1) is 14.4. The zero-order chi connectivity index (χ0) is 21.7. The van der Waals surface area contributed by atoms with Crippen molar-refractivity contribution >= 4 is 11.6 Å². The summed E-state index contributed by atoms with van der Waals surface area (Å²) in [5.41, 5.74) is 0.457. The highest BCUT2D eigenvalue weighted by molar-refractivity contribution is 5.80. The van der Waals surface area contributed by atoms with Crippen LogP contribution in [0, 0.1) is 17.6 Å². The van der Waals surface area contributed by atoms with E-state index < -0.39 is 11.6 Å². The topological polar surface area (TPSA) is 46.1 Å². The van der Waals surface area contributed by atoms with Crippen molar-refractivity contribution in [3.63, 3.8) is 0 Å². The Morgan fingerprint density at radius 3 is 2.53 bits per heavy atom. The van der Waals surface area contributed by atoms with Crippen LogP contribution in [0.15, 0.2) is 23.2 Å². The second kappa shape index (κ2) is 10.4. The van der Waals surface area contributed by atoms with Crippen LogP contribution in [-0.2, 0) is 0 Å². The summed E-state index contributed by atoms with van der Waals surface area (Å²) < 4.78 is 27.3. The number of halogens is 2. The summed E-state index contributed by atoms with van der Waals surface area (Å²) in [6.07, 6.45) is 0.879. The van der Waals surface area contributed by atoms with Crippen LogP contribution in [0.2, 0.25) is 0 Å². The summed E-state index contributed by atoms with van der Waals surface area (Å²) in [6, 6.07) is 4.39. The third kappa shape index (κ3) is 5.82. The number of likely N-dealkylation sites (N-methyl/N-ethyl adjacent to an activating group) is 1. The van der Waals surface area contributed by atoms with Gasteiger partial charge in [0.15, 0.2) is 5.96 Å². The van der Waals surface area contributed by atoms with Crippen LogP contribution in [0.3, 0.4) is 0 Å². The van der Waals surface area contributed by atoms with Gasteiger partial charge >= 0.3 is 0 Å². The van der Waals surface area contributed by atoms with E-state index in [-0.39, 0.29) is 6.04 Å². The fourth-order valence-corrected chi connectivity index (χ4v) is 4.36. The average Bonchev–Trinajstić information content (AvgIpc) is 3.16. The van der Waals surface area contributed by atoms with Crippen LogP contribution in [0.4, 0.5) is 14.5 Å². The zero-order valence-corrected chi connectivity index (χ0v) is 18.7. The summed E-state index contributed by atoms with van der Waals surface area (Å²) in [6.45, 7) is 11.2. The first kappa shape index (κ1) is 22.7. The van der Waals surface area contributed by atoms with Crippen molar-refractivity contribution in [3.05, 3.63) is 29.8 Å². The van der Waals surface area contributed by atoms with Gasteiger partial charge in [0.05, 0.1) is 5.69 Å². The molecule has 0 radical (unpaired) electrons. The van der Waals surface area contributed by atoms with Crippen LogP contribution >= 0.6 is 0 Å². The Kier molecular flexibility index (Phi) is 7.88. The number of nitrogens with one attached hydrogen (secondary N) is 2. The monoisotopic (exact) mass is 422 g/mol. The van der Waals surface area contributed by atoms with E-state index in [2.05, 4.69) is 46.3 Å². The van der Waals surface area contributed by atoms with Gasteiger partial charge in [-0.25, -0.2) is 8.78 Å². The molecule has 1 aromatic rings. The van der Waals surface area contributed by atoms with Crippen molar-refractivity contribution in [2.24, 2.45) is 10.9 Å². The third-order valence-electron chi connectivity index (χ3n) is 6.26. The molecule has 3 rings (SSSR count). The highest BCUT2D eigenvalue weighted by Gasteiger charge is 2.27. The van der Waals surface area contributed by atoms with E-state index in [1.165, 1.54) is 12.1 Å². The summed E-state index contributed by atoms with van der Waals surface area (Å²) >= 11 is 0. The lowest BCUT2D eigenvalue weighted by Gasteiger charge is -2.40. The molecule has 2 unspecified atom stereocenters. The Morgan fingerprint density at radius 2 is 1.90 bits per heavy atom. The van der Waals surface area contributed by atoms with Gasteiger partial charge in [-0.1, -0.05) is 13.8 Å². The van der Waals surface area contributed by atoms with Crippen molar-refractivity contribution in [1.29, 1.82) is 0 Å². The summed E-state index contributed by atoms with van der Waals surface area (Å²) in [7, 11) is 3.95. The predicted molar refractivity (Wildman–Crippen MR) is 119 cm³/mol. The minimum atomic E-state index is -0.546. The fraction of sp³-hybridized carbons (Fsp3) is 0.682. The molecule has 1 aromatic carbocycles. The van der Waals surface area contributed by atoms with Gasteiger partial charge in [0.2, 0.25) is 0 Å². The van der Waals surface area contributed by atoms with Crippen molar-refractivity contribution in [1.82, 2.24) is 20.4 Å². The van der Waals surface area contributed by atoms with Gasteiger partial charge in [0.25, 0.3) is 0 Å². The van der Waals surface area contributed by atoms with Gasteiger partial charge in [-0.05, 0) is 31.5 Å². The maximum atomic E-state index is 14.1. The van der Waals surface area contributed by atoms with Crippen molar-refractivity contribution in [2.75, 3.05) is 64.8 Å². The Labute approximate surface area is 179 Å². The van der Waals surface area contributed by atoms with Crippen molar-refractivity contribution in [2.45, 2.75) is 32.4 Å². The lowest BCUT2D eigenvalue weighted by molar-refractivity contribution is 0.0900. The number of hydrogen-bond donors (Lipinski definition) is 2. The molecule has 2 aliphatic heterocycles. The van der Waals surface area contributed by atoms with Crippen LogP contribution in [0.1, 0.15) is 20.3 Å². The zero-order valence-electron chi connectivity index (χ0n) is 18.7. The number of guanidine groups is 1. The van der Waals surface area contributed by atoms with Gasteiger partial charge < -0.3 is 20.4 Å². The maximum absolute atomic E-state index is 14.1. The average molecular weight is 423 g/mol. The minimum absolute atomic E-state index is 0.168. The van der Waals surface area contributed by atoms with Crippen LogP contribution in [0.5, 0.6) is 0 Å². The van der Waals surface area contributed by atoms with E-state index >= 15 is 0 Å². The standard InChI is InChI=1S/C22H36F2N6/c1-16(2)21(29-11-9-28(4)10-12-29)14-26-22(25-3)27-18-7-8-30(15-18)20-6-5-17(23)13-19(20)24/h5-6,13,16,18,21H,7-12,14-15H2,1-4H3,(H2,25,26,27). The number of benzene rings is 1. The molecule has 2 atom stereocenters. The molecule has 2 fully saturated rings. The Morgan fingerprint density at radius 1 is 1.17 bits per heavy atom. The molecule has 2 N–H and O–H groups in total. The second-order valence-electron chi connectivity index (χ2n) is 8.78. The number of hydrogen-bond acceptors (Lipinski definition) is 4. The Hall–Kier alpha value is -1.93. The minimum Gasteiger partial charge on any atom is -0.367 e. The molecule has 2 heterocycles. The largest absolute Gasteiger partial charge is 0.367 e. The second-order valence-corrected chi connectivity index (χ2v) is 8.78. The van der Waals surface area contributed by atoms with E-state index in [1.54, 1.807) is 7.05 Å². The molecule has 0 spiro atoms. The number of piperazine rings is 1. The quantitative estimate of drug-likeness (QED) is 0.542. The first-order valence-corrected chi connectivity index (χ1v) is 11.0. The predicted octanol–water partition coefficient (Wildman–Crippen LogP) is 1.98. The summed E-state index contributed by atoms with van der Waals surface area (Å²) in [4.78, 5) is 11.3. The molecular weight excluding hydrogens is 386 g/mol. The van der Waals surface area contributed by atoms with Gasteiger partial charge in [-0.15, -0.1) is 0 Å². The van der Waals surface area contributed by atoms with Crippen LogP contribution in [0.25, 0.3) is 0 Å². The smallest absolute Gasteiger partial charge is 0.191 e. The van der Waals surface area contributed by atoms with Crippen LogP contribution < -0.4 is 15.5 Å². The van der Waals surface area contributed by atoms with Gasteiger partial charge in [0, 0.05) is 71.0 Å². The Balaban J connectivity index is 1.51. The summed E-state index contributed by atoms with van der Waals surface area (Å²) in [5.74, 6) is 0.267. The normalized spacial score (nSPS) is 22.6. The number of aliphatic imine (C=N–C) groups is 1. The van der Waals surface area contributed by atoms with Gasteiger partial charge in [-0.3, -0.25) is 9.89 Å². The van der Waals surface area contributed by atoms with Gasteiger partial charge in [0.1, 0.15) is 11.6 Å². The molecule has 168 valence electrons. The van der Waals surface area contributed by atoms with E-state index in [0.717, 1.165) is 57.7 Å². The molecule has 8 heteroatoms. The molecular formula is C22H36F2N6. The highest BCUT2D eigenvalue weighted by atomic mass is 19.1. The number of nitrogens with zero attached hydrogens (tertiary/aromatic N) is 4. The van der Waals surface area contributed by atoms with Crippen LogP contribution in [-0.4, -0.2) is 87.8 Å². The van der Waals surface area contributed by atoms with E-state index in [0.29, 0.717) is 24.2 Å². The molecule has 2 aliphatic rings. The van der Waals surface area contributed by atoms with Gasteiger partial charge in [-0.2, -0.15) is 0 Å². The van der Waals surface area contributed by atoms with Crippen molar-refractivity contribution in [3.8, 4) is 0 Å². The fourth-order valence-electron chi connectivity index (χ4n) is 4.36. The molecule has 30 heavy (non-hydrogen) atoms. The summed E-state index contributed by atoms with van der Waals surface area (Å²) in [5, 5.41) is 6.98. The molecule has 0 aliphatic carbocycles. The highest BCUT2D eigenvalue weighted by Crippen LogP contribution is 2.24. The molecule has 0 amide bonds. The SMILES string of the molecule is CN=C(NCC(C(C)C)N1CCN(C)CC1)NC1CCN(c2ccc(F)cc2F)C1. The van der Waals surface area contributed by atoms with Crippen molar-refractivity contribution < 1.29 is 8.78 Å². The lowest BCUT2D eigenvalue weighted by Crippen LogP contribution is -2.55. The number of rotatable bonds is 6. The first-order valence-electron chi connectivity index (χ1n) is 11.0. The third-order valence-corrected chi connectivity index (χ3v) is 6.26. The molecule has 0 saturated carbocycles. The number of anilines is 1.